The van der Waals surface area contributed by atoms with Gasteiger partial charge in [0.05, 0.1) is 24.2 Å². The van der Waals surface area contributed by atoms with Crippen molar-refractivity contribution in [1.29, 1.82) is 0 Å². The molecule has 2 amide bonds. The number of alkyl halides is 2. The third-order valence-corrected chi connectivity index (χ3v) is 6.09. The number of likely N-dealkylation sites (tertiary alicyclic amines) is 1. The summed E-state index contributed by atoms with van der Waals surface area (Å²) in [6.07, 6.45) is -1.77. The fraction of sp³-hybridized carbons (Fsp3) is 0.304. The van der Waals surface area contributed by atoms with Crippen LogP contribution in [0, 0.1) is 11.6 Å². The van der Waals surface area contributed by atoms with Crippen molar-refractivity contribution in [2.45, 2.75) is 31.9 Å². The van der Waals surface area contributed by atoms with Gasteiger partial charge in [-0.3, -0.25) is 14.5 Å². The van der Waals surface area contributed by atoms with E-state index in [1.807, 2.05) is 0 Å². The predicted molar refractivity (Wildman–Crippen MR) is 121 cm³/mol. The minimum Gasteiger partial charge on any atom is -0.415 e. The number of anilines is 1. The lowest BCUT2D eigenvalue weighted by Gasteiger charge is -2.28. The van der Waals surface area contributed by atoms with Gasteiger partial charge in [0.1, 0.15) is 11.6 Å². The molecule has 0 bridgehead atoms. The van der Waals surface area contributed by atoms with Gasteiger partial charge in [-0.05, 0) is 49.7 Å². The second kappa shape index (κ2) is 10.6. The van der Waals surface area contributed by atoms with Gasteiger partial charge in [0.25, 0.3) is 5.89 Å². The Bertz CT molecular complexity index is 1290. The van der Waals surface area contributed by atoms with Crippen LogP contribution in [-0.2, 0) is 16.1 Å². The maximum Gasteiger partial charge on any atom is 0.314 e. The van der Waals surface area contributed by atoms with Gasteiger partial charge < -0.3 is 15.1 Å². The van der Waals surface area contributed by atoms with E-state index in [0.717, 1.165) is 12.1 Å². The Balaban J connectivity index is 1.61. The molecule has 36 heavy (non-hydrogen) atoms. The van der Waals surface area contributed by atoms with Crippen LogP contribution in [0.5, 0.6) is 0 Å². The first-order chi connectivity index (χ1) is 17.1. The number of primary amides is 1. The largest absolute Gasteiger partial charge is 0.415 e. The highest BCUT2D eigenvalue weighted by Crippen LogP contribution is 2.28. The normalized spacial score (nSPS) is 16.0. The number of amides is 2. The summed E-state index contributed by atoms with van der Waals surface area (Å²) in [6.45, 7) is 0.0278. The molecule has 0 spiro atoms. The van der Waals surface area contributed by atoms with Crippen LogP contribution in [0.1, 0.15) is 30.7 Å². The molecule has 1 aliphatic rings. The fourth-order valence-electron chi connectivity index (χ4n) is 3.99. The molecule has 0 aliphatic carbocycles. The van der Waals surface area contributed by atoms with Crippen LogP contribution < -0.4 is 10.6 Å². The van der Waals surface area contributed by atoms with Gasteiger partial charge in [-0.15, -0.1) is 10.2 Å². The summed E-state index contributed by atoms with van der Waals surface area (Å²) in [5.41, 5.74) is 5.78. The quantitative estimate of drug-likeness (QED) is 0.444. The van der Waals surface area contributed by atoms with Gasteiger partial charge >= 0.3 is 6.43 Å². The van der Waals surface area contributed by atoms with E-state index in [1.165, 1.54) is 29.2 Å². The smallest absolute Gasteiger partial charge is 0.314 e. The Labute approximate surface area is 207 Å². The fourth-order valence-corrected chi connectivity index (χ4v) is 4.17. The first-order valence-corrected chi connectivity index (χ1v) is 11.2. The second-order valence-electron chi connectivity index (χ2n) is 8.16. The van der Waals surface area contributed by atoms with Crippen LogP contribution in [0.4, 0.5) is 23.2 Å². The Hall–Kier alpha value is -3.51. The highest BCUT2D eigenvalue weighted by Gasteiger charge is 2.32. The second-order valence-corrected chi connectivity index (χ2v) is 8.57. The van der Waals surface area contributed by atoms with E-state index < -0.39 is 41.8 Å². The van der Waals surface area contributed by atoms with Gasteiger partial charge in [-0.25, -0.2) is 8.78 Å². The Morgan fingerprint density at radius 3 is 2.58 bits per heavy atom. The van der Waals surface area contributed by atoms with E-state index in [2.05, 4.69) is 10.2 Å². The van der Waals surface area contributed by atoms with Crippen LogP contribution in [0.3, 0.4) is 0 Å². The molecule has 13 heteroatoms. The van der Waals surface area contributed by atoms with Gasteiger partial charge in [-0.1, -0.05) is 17.7 Å². The maximum absolute atomic E-state index is 15.0. The Kier molecular flexibility index (Phi) is 7.55. The molecule has 190 valence electrons. The summed E-state index contributed by atoms with van der Waals surface area (Å²) in [6, 6.07) is 6.77. The molecule has 0 saturated carbocycles. The minimum absolute atomic E-state index is 0.0639. The monoisotopic (exact) mass is 525 g/mol. The van der Waals surface area contributed by atoms with Crippen LogP contribution in [0.2, 0.25) is 5.02 Å². The van der Waals surface area contributed by atoms with Gasteiger partial charge in [-0.2, -0.15) is 8.78 Å². The zero-order valence-electron chi connectivity index (χ0n) is 18.6. The molecular weight excluding hydrogens is 506 g/mol. The zero-order chi connectivity index (χ0) is 26.0. The van der Waals surface area contributed by atoms with Crippen molar-refractivity contribution in [1.82, 2.24) is 15.1 Å². The molecule has 1 saturated heterocycles. The van der Waals surface area contributed by atoms with E-state index in [-0.39, 0.29) is 40.8 Å². The molecule has 2 N–H and O–H groups in total. The number of hydrogen-bond acceptors (Lipinski definition) is 6. The molecular formula is C23H20ClF4N5O3. The lowest BCUT2D eigenvalue weighted by atomic mass is 10.1. The predicted octanol–water partition coefficient (Wildman–Crippen LogP) is 4.09. The molecule has 1 aromatic heterocycles. The number of benzene rings is 2. The van der Waals surface area contributed by atoms with Gasteiger partial charge in [0.15, 0.2) is 0 Å². The number of nitrogens with zero attached hydrogens (tertiary/aromatic N) is 4. The third-order valence-electron chi connectivity index (χ3n) is 5.80. The zero-order valence-corrected chi connectivity index (χ0v) is 19.4. The molecule has 8 nitrogen and oxygen atoms in total. The SMILES string of the molecule is NC(=O)[C@@H]1CCCN1CC(=O)N(Cc1ccc(-c2nnc(C(F)F)o2)cc1F)c1ccc(F)c(Cl)c1. The molecule has 0 radical (unpaired) electrons. The number of halogens is 5. The summed E-state index contributed by atoms with van der Waals surface area (Å²) < 4.78 is 59.1. The average Bonchev–Trinajstić information content (AvgIpc) is 3.50. The summed E-state index contributed by atoms with van der Waals surface area (Å²) >= 11 is 5.91. The van der Waals surface area contributed by atoms with Gasteiger partial charge in [0.2, 0.25) is 17.7 Å². The molecule has 1 fully saturated rings. The first kappa shape index (κ1) is 25.6. The Morgan fingerprint density at radius 1 is 1.17 bits per heavy atom. The average molecular weight is 526 g/mol. The van der Waals surface area contributed by atoms with Crippen molar-refractivity contribution in [3.05, 3.63) is 64.5 Å². The van der Waals surface area contributed by atoms with E-state index >= 15 is 4.39 Å². The van der Waals surface area contributed by atoms with Crippen molar-refractivity contribution in [3.8, 4) is 11.5 Å². The van der Waals surface area contributed by atoms with Crippen molar-refractivity contribution in [2.24, 2.45) is 5.73 Å². The topological polar surface area (TPSA) is 106 Å². The number of carbonyl (C=O) groups is 2. The van der Waals surface area contributed by atoms with E-state index in [4.69, 9.17) is 21.8 Å². The standard InChI is InChI=1S/C23H20ClF4N5O3/c24-15-9-14(5-6-16(15)25)33(19(34)11-32-7-1-2-18(32)21(29)35)10-13-4-3-12(8-17(13)26)22-30-31-23(36-22)20(27)28/h3-6,8-9,18,20H,1-2,7,10-11H2,(H2,29,35)/t18-/m0/s1. The summed E-state index contributed by atoms with van der Waals surface area (Å²) in [4.78, 5) is 27.9. The number of nitrogens with two attached hydrogens (primary N) is 1. The van der Waals surface area contributed by atoms with Gasteiger partial charge in [0, 0.05) is 16.8 Å². The third kappa shape index (κ3) is 5.49. The van der Waals surface area contributed by atoms with Crippen molar-refractivity contribution >= 4 is 29.1 Å². The lowest BCUT2D eigenvalue weighted by Crippen LogP contribution is -2.46. The van der Waals surface area contributed by atoms with Crippen molar-refractivity contribution in [2.75, 3.05) is 18.0 Å². The van der Waals surface area contributed by atoms with Crippen LogP contribution >= 0.6 is 11.6 Å². The van der Waals surface area contributed by atoms with Crippen LogP contribution in [0.25, 0.3) is 11.5 Å². The number of rotatable bonds is 8. The molecule has 1 atom stereocenters. The van der Waals surface area contributed by atoms with Crippen molar-refractivity contribution in [3.63, 3.8) is 0 Å². The highest BCUT2D eigenvalue weighted by atomic mass is 35.5. The molecule has 2 aromatic carbocycles. The Morgan fingerprint density at radius 2 is 1.94 bits per heavy atom. The molecule has 2 heterocycles. The minimum atomic E-state index is -2.97. The maximum atomic E-state index is 15.0. The first-order valence-electron chi connectivity index (χ1n) is 10.8. The summed E-state index contributed by atoms with van der Waals surface area (Å²) in [5, 5.41) is 6.47. The number of hydrogen-bond donors (Lipinski definition) is 1. The number of carbonyl (C=O) groups excluding carboxylic acids is 2. The molecule has 1 aliphatic heterocycles. The van der Waals surface area contributed by atoms with E-state index in [0.29, 0.717) is 19.4 Å². The van der Waals surface area contributed by atoms with Crippen molar-refractivity contribution < 1.29 is 31.6 Å². The molecule has 3 aromatic rings. The van der Waals surface area contributed by atoms with E-state index in [9.17, 15) is 22.8 Å². The number of aromatic nitrogens is 2. The lowest BCUT2D eigenvalue weighted by molar-refractivity contribution is -0.124. The molecule has 4 rings (SSSR count). The van der Waals surface area contributed by atoms with E-state index in [1.54, 1.807) is 4.90 Å². The van der Waals surface area contributed by atoms with Crippen LogP contribution in [0.15, 0.2) is 40.8 Å². The summed E-state index contributed by atoms with van der Waals surface area (Å²) in [7, 11) is 0. The molecule has 0 unspecified atom stereocenters. The highest BCUT2D eigenvalue weighted by molar-refractivity contribution is 6.31. The van der Waals surface area contributed by atoms with Crippen LogP contribution in [-0.4, -0.2) is 46.0 Å². The summed E-state index contributed by atoms with van der Waals surface area (Å²) in [5.74, 6) is -3.69.